The van der Waals surface area contributed by atoms with Gasteiger partial charge in [-0.3, -0.25) is 4.98 Å². The molecule has 3 nitrogen and oxygen atoms in total. The van der Waals surface area contributed by atoms with Gasteiger partial charge in [-0.25, -0.2) is 4.79 Å². The summed E-state index contributed by atoms with van der Waals surface area (Å²) in [5.74, 6) is -1.43. The smallest absolute Gasteiger partial charge is 0.417 e. The summed E-state index contributed by atoms with van der Waals surface area (Å²) in [6, 6.07) is 0.537. The minimum Gasteiger partial charge on any atom is -0.478 e. The first-order valence-corrected chi connectivity index (χ1v) is 3.17. The second kappa shape index (κ2) is 4.28. The van der Waals surface area contributed by atoms with E-state index in [-0.39, 0.29) is 12.4 Å². The SMILES string of the molecule is Cl.O=C(O)c1cncc(C(F)(F)F)c1. The van der Waals surface area contributed by atoms with E-state index in [2.05, 4.69) is 4.98 Å². The number of pyridine rings is 1. The molecule has 0 spiro atoms. The number of hydrogen-bond donors (Lipinski definition) is 1. The topological polar surface area (TPSA) is 50.2 Å². The van der Waals surface area contributed by atoms with Crippen molar-refractivity contribution in [3.05, 3.63) is 29.6 Å². The standard InChI is InChI=1S/C7H4F3NO2.ClH/c8-7(9,10)5-1-4(6(12)13)2-11-3-5;/h1-3H,(H,12,13);1H. The molecule has 0 saturated carbocycles. The van der Waals surface area contributed by atoms with Crippen LogP contribution in [0.25, 0.3) is 0 Å². The minimum absolute atomic E-state index is 0. The molecule has 14 heavy (non-hydrogen) atoms. The van der Waals surface area contributed by atoms with Gasteiger partial charge in [-0.15, -0.1) is 12.4 Å². The van der Waals surface area contributed by atoms with Gasteiger partial charge in [0.05, 0.1) is 11.1 Å². The number of hydrogen-bond acceptors (Lipinski definition) is 2. The molecule has 0 aliphatic heterocycles. The number of alkyl halides is 3. The molecule has 0 saturated heterocycles. The third-order valence-electron chi connectivity index (χ3n) is 1.31. The average Bonchev–Trinajstić information content (AvgIpc) is 2.03. The van der Waals surface area contributed by atoms with Crippen LogP contribution in [0.2, 0.25) is 0 Å². The van der Waals surface area contributed by atoms with Crippen LogP contribution in [0.3, 0.4) is 0 Å². The van der Waals surface area contributed by atoms with Crippen LogP contribution in [-0.2, 0) is 6.18 Å². The largest absolute Gasteiger partial charge is 0.478 e. The third-order valence-corrected chi connectivity index (χ3v) is 1.31. The van der Waals surface area contributed by atoms with Crippen LogP contribution in [0.15, 0.2) is 18.5 Å². The minimum atomic E-state index is -4.56. The highest BCUT2D eigenvalue weighted by Crippen LogP contribution is 2.28. The monoisotopic (exact) mass is 227 g/mol. The van der Waals surface area contributed by atoms with Crippen molar-refractivity contribution in [2.75, 3.05) is 0 Å². The van der Waals surface area contributed by atoms with Gasteiger partial charge < -0.3 is 5.11 Å². The number of nitrogens with zero attached hydrogens (tertiary/aromatic N) is 1. The molecule has 0 fully saturated rings. The molecular weight excluding hydrogens is 223 g/mol. The normalized spacial score (nSPS) is 10.5. The summed E-state index contributed by atoms with van der Waals surface area (Å²) in [4.78, 5) is 13.4. The van der Waals surface area contributed by atoms with Gasteiger partial charge in [0.25, 0.3) is 0 Å². The van der Waals surface area contributed by atoms with Gasteiger partial charge in [0.1, 0.15) is 0 Å². The van der Waals surface area contributed by atoms with E-state index in [0.29, 0.717) is 12.3 Å². The Hall–Kier alpha value is -1.30. The van der Waals surface area contributed by atoms with Crippen molar-refractivity contribution in [3.8, 4) is 0 Å². The molecule has 0 aliphatic carbocycles. The molecule has 1 aromatic heterocycles. The van der Waals surface area contributed by atoms with Crippen molar-refractivity contribution >= 4 is 18.4 Å². The van der Waals surface area contributed by atoms with E-state index >= 15 is 0 Å². The van der Waals surface area contributed by atoms with E-state index in [4.69, 9.17) is 5.11 Å². The van der Waals surface area contributed by atoms with E-state index in [9.17, 15) is 18.0 Å². The summed E-state index contributed by atoms with van der Waals surface area (Å²) in [5, 5.41) is 8.37. The Bertz CT molecular complexity index is 340. The Morgan fingerprint density at radius 2 is 1.93 bits per heavy atom. The number of carbonyl (C=O) groups is 1. The Morgan fingerprint density at radius 3 is 2.36 bits per heavy atom. The number of aromatic nitrogens is 1. The maximum absolute atomic E-state index is 12.0. The molecule has 0 amide bonds. The first kappa shape index (κ1) is 12.7. The lowest BCUT2D eigenvalue weighted by Crippen LogP contribution is -2.08. The van der Waals surface area contributed by atoms with Gasteiger partial charge in [0.2, 0.25) is 0 Å². The van der Waals surface area contributed by atoms with Gasteiger partial charge in [0, 0.05) is 12.4 Å². The summed E-state index contributed by atoms with van der Waals surface area (Å²) >= 11 is 0. The zero-order valence-electron chi connectivity index (χ0n) is 6.58. The Balaban J connectivity index is 0.00000169. The highest BCUT2D eigenvalue weighted by molar-refractivity contribution is 5.87. The second-order valence-corrected chi connectivity index (χ2v) is 2.27. The molecule has 0 aromatic carbocycles. The maximum Gasteiger partial charge on any atom is 0.417 e. The van der Waals surface area contributed by atoms with Crippen LogP contribution in [0.5, 0.6) is 0 Å². The predicted octanol–water partition coefficient (Wildman–Crippen LogP) is 2.22. The first-order chi connectivity index (χ1) is 5.91. The highest BCUT2D eigenvalue weighted by Gasteiger charge is 2.31. The second-order valence-electron chi connectivity index (χ2n) is 2.27. The lowest BCUT2D eigenvalue weighted by Gasteiger charge is -2.05. The van der Waals surface area contributed by atoms with Gasteiger partial charge in [-0.2, -0.15) is 13.2 Å². The van der Waals surface area contributed by atoms with E-state index in [1.54, 1.807) is 0 Å². The number of carboxylic acid groups (broad SMARTS) is 1. The van der Waals surface area contributed by atoms with E-state index < -0.39 is 23.3 Å². The lowest BCUT2D eigenvalue weighted by molar-refractivity contribution is -0.137. The molecule has 78 valence electrons. The van der Waals surface area contributed by atoms with Crippen molar-refractivity contribution in [1.82, 2.24) is 4.98 Å². The Morgan fingerprint density at radius 1 is 1.36 bits per heavy atom. The fourth-order valence-corrected chi connectivity index (χ4v) is 0.712. The van der Waals surface area contributed by atoms with E-state index in [1.807, 2.05) is 0 Å². The molecule has 1 rings (SSSR count). The summed E-state index contributed by atoms with van der Waals surface area (Å²) in [5.41, 5.74) is -1.54. The molecule has 0 atom stereocenters. The van der Waals surface area contributed by atoms with Crippen LogP contribution >= 0.6 is 12.4 Å². The molecule has 0 unspecified atom stereocenters. The fourth-order valence-electron chi connectivity index (χ4n) is 0.712. The average molecular weight is 228 g/mol. The van der Waals surface area contributed by atoms with E-state index in [0.717, 1.165) is 6.20 Å². The van der Waals surface area contributed by atoms with Crippen LogP contribution < -0.4 is 0 Å². The molecule has 0 aliphatic rings. The van der Waals surface area contributed by atoms with Gasteiger partial charge >= 0.3 is 12.1 Å². The van der Waals surface area contributed by atoms with Crippen LogP contribution in [0.1, 0.15) is 15.9 Å². The van der Waals surface area contributed by atoms with Crippen molar-refractivity contribution in [3.63, 3.8) is 0 Å². The van der Waals surface area contributed by atoms with Crippen molar-refractivity contribution in [2.24, 2.45) is 0 Å². The Kier molecular flexibility index (Phi) is 3.88. The predicted molar refractivity (Wildman–Crippen MR) is 43.4 cm³/mol. The summed E-state index contributed by atoms with van der Waals surface area (Å²) < 4.78 is 36.0. The third kappa shape index (κ3) is 2.88. The van der Waals surface area contributed by atoms with Crippen molar-refractivity contribution in [1.29, 1.82) is 0 Å². The van der Waals surface area contributed by atoms with Crippen LogP contribution in [-0.4, -0.2) is 16.1 Å². The summed E-state index contributed by atoms with van der Waals surface area (Å²) in [6.45, 7) is 0. The molecular formula is C7H5ClF3NO2. The summed E-state index contributed by atoms with van der Waals surface area (Å²) in [6.07, 6.45) is -3.12. The van der Waals surface area contributed by atoms with Crippen molar-refractivity contribution in [2.45, 2.75) is 6.18 Å². The molecule has 0 radical (unpaired) electrons. The number of aromatic carboxylic acids is 1. The van der Waals surface area contributed by atoms with Gasteiger partial charge in [-0.1, -0.05) is 0 Å². The molecule has 1 aromatic rings. The van der Waals surface area contributed by atoms with Crippen LogP contribution in [0.4, 0.5) is 13.2 Å². The molecule has 7 heteroatoms. The molecule has 0 bridgehead atoms. The fraction of sp³-hybridized carbons (Fsp3) is 0.143. The molecule has 1 N–H and O–H groups in total. The zero-order chi connectivity index (χ0) is 10.1. The molecule has 1 heterocycles. The first-order valence-electron chi connectivity index (χ1n) is 3.17. The van der Waals surface area contributed by atoms with Crippen molar-refractivity contribution < 1.29 is 23.1 Å². The van der Waals surface area contributed by atoms with E-state index in [1.165, 1.54) is 0 Å². The highest BCUT2D eigenvalue weighted by atomic mass is 35.5. The number of carboxylic acids is 1. The van der Waals surface area contributed by atoms with Gasteiger partial charge in [0.15, 0.2) is 0 Å². The maximum atomic E-state index is 12.0. The lowest BCUT2D eigenvalue weighted by atomic mass is 10.2. The number of rotatable bonds is 1. The van der Waals surface area contributed by atoms with Crippen LogP contribution in [0, 0.1) is 0 Å². The number of halogens is 4. The summed E-state index contributed by atoms with van der Waals surface area (Å²) in [7, 11) is 0. The Labute approximate surface area is 83.0 Å². The quantitative estimate of drug-likeness (QED) is 0.800. The van der Waals surface area contributed by atoms with Gasteiger partial charge in [-0.05, 0) is 6.07 Å². The zero-order valence-corrected chi connectivity index (χ0v) is 7.39.